The maximum Gasteiger partial charge on any atom is 0.191 e. The maximum absolute atomic E-state index is 6.19. The Kier molecular flexibility index (Phi) is 14.2. The summed E-state index contributed by atoms with van der Waals surface area (Å²) < 4.78 is 16.0. The van der Waals surface area contributed by atoms with Gasteiger partial charge in [-0.3, -0.25) is 4.99 Å². The largest absolute Gasteiger partial charge is 0.495 e. The van der Waals surface area contributed by atoms with Crippen molar-refractivity contribution in [3.8, 4) is 5.75 Å². The van der Waals surface area contributed by atoms with Crippen molar-refractivity contribution in [1.29, 1.82) is 0 Å². The molecule has 0 saturated carbocycles. The van der Waals surface area contributed by atoms with E-state index in [2.05, 4.69) is 22.5 Å². The van der Waals surface area contributed by atoms with E-state index in [9.17, 15) is 0 Å². The molecule has 7 nitrogen and oxygen atoms in total. The Morgan fingerprint density at radius 3 is 2.80 bits per heavy atom. The quantitative estimate of drug-likeness (QED) is 0.178. The minimum atomic E-state index is 0. The van der Waals surface area contributed by atoms with Crippen molar-refractivity contribution in [3.63, 3.8) is 0 Å². The van der Waals surface area contributed by atoms with Gasteiger partial charge in [-0.15, -0.1) is 24.0 Å². The van der Waals surface area contributed by atoms with Crippen molar-refractivity contribution in [3.05, 3.63) is 23.2 Å². The first kappa shape index (κ1) is 27.1. The van der Waals surface area contributed by atoms with Crippen LogP contribution in [0, 0.1) is 0 Å². The maximum atomic E-state index is 6.19. The first-order valence-electron chi connectivity index (χ1n) is 10.4. The summed E-state index contributed by atoms with van der Waals surface area (Å²) in [6, 6.07) is 6.07. The molecule has 1 saturated heterocycles. The molecular weight excluding hydrogens is 519 g/mol. The van der Waals surface area contributed by atoms with Gasteiger partial charge in [0.05, 0.1) is 26.0 Å². The van der Waals surface area contributed by atoms with Gasteiger partial charge in [-0.2, -0.15) is 0 Å². The lowest BCUT2D eigenvalue weighted by molar-refractivity contribution is 0.0690. The molecule has 1 aliphatic heterocycles. The summed E-state index contributed by atoms with van der Waals surface area (Å²) in [6.07, 6.45) is 3.03. The highest BCUT2D eigenvalue weighted by Gasteiger charge is 2.25. The number of anilines is 1. The van der Waals surface area contributed by atoms with E-state index in [1.54, 1.807) is 14.2 Å². The predicted molar refractivity (Wildman–Crippen MR) is 135 cm³/mol. The van der Waals surface area contributed by atoms with Crippen LogP contribution in [0.2, 0.25) is 5.02 Å². The first-order valence-corrected chi connectivity index (χ1v) is 10.8. The number of ether oxygens (including phenoxy) is 3. The van der Waals surface area contributed by atoms with Crippen molar-refractivity contribution in [2.24, 2.45) is 4.99 Å². The zero-order valence-corrected chi connectivity index (χ0v) is 21.4. The number of rotatable bonds is 12. The van der Waals surface area contributed by atoms with Crippen LogP contribution in [0.5, 0.6) is 5.75 Å². The number of guanidine groups is 1. The Hall–Kier alpha value is -0.970. The van der Waals surface area contributed by atoms with Gasteiger partial charge < -0.3 is 29.7 Å². The molecule has 1 atom stereocenters. The molecule has 1 heterocycles. The first-order chi connectivity index (χ1) is 14.2. The third-order valence-electron chi connectivity index (χ3n) is 4.75. The van der Waals surface area contributed by atoms with E-state index in [4.69, 9.17) is 30.8 Å². The predicted octanol–water partition coefficient (Wildman–Crippen LogP) is 3.54. The SMILES string of the molecule is CCNC(=NCCCCOCCOC)NC1CCN(c2cc(Cl)ccc2OC)C1.I. The molecule has 0 spiro atoms. The summed E-state index contributed by atoms with van der Waals surface area (Å²) in [7, 11) is 3.37. The monoisotopic (exact) mass is 554 g/mol. The summed E-state index contributed by atoms with van der Waals surface area (Å²) >= 11 is 6.19. The van der Waals surface area contributed by atoms with Crippen molar-refractivity contribution in [1.82, 2.24) is 10.6 Å². The fraction of sp³-hybridized carbons (Fsp3) is 0.667. The fourth-order valence-electron chi connectivity index (χ4n) is 3.27. The summed E-state index contributed by atoms with van der Waals surface area (Å²) in [5, 5.41) is 7.63. The molecule has 2 N–H and O–H groups in total. The van der Waals surface area contributed by atoms with Gasteiger partial charge in [0.2, 0.25) is 0 Å². The van der Waals surface area contributed by atoms with E-state index in [1.165, 1.54) is 0 Å². The number of methoxy groups -OCH3 is 2. The topological polar surface area (TPSA) is 67.4 Å². The minimum Gasteiger partial charge on any atom is -0.495 e. The second kappa shape index (κ2) is 15.8. The van der Waals surface area contributed by atoms with Crippen molar-refractivity contribution >= 4 is 47.2 Å². The molecule has 1 unspecified atom stereocenters. The molecule has 1 aromatic carbocycles. The summed E-state index contributed by atoms with van der Waals surface area (Å²) in [6.45, 7) is 7.58. The van der Waals surface area contributed by atoms with Crippen molar-refractivity contribution < 1.29 is 14.2 Å². The van der Waals surface area contributed by atoms with E-state index in [1.807, 2.05) is 18.2 Å². The Morgan fingerprint density at radius 2 is 2.07 bits per heavy atom. The lowest BCUT2D eigenvalue weighted by Gasteiger charge is -2.22. The molecule has 0 bridgehead atoms. The molecule has 0 amide bonds. The number of unbranched alkanes of at least 4 members (excludes halogenated alkanes) is 1. The summed E-state index contributed by atoms with van der Waals surface area (Å²) in [4.78, 5) is 7.02. The Labute approximate surface area is 202 Å². The van der Waals surface area contributed by atoms with Crippen LogP contribution in [0.1, 0.15) is 26.2 Å². The molecule has 0 radical (unpaired) electrons. The lowest BCUT2D eigenvalue weighted by Crippen LogP contribution is -2.44. The van der Waals surface area contributed by atoms with Gasteiger partial charge >= 0.3 is 0 Å². The van der Waals surface area contributed by atoms with E-state index in [-0.39, 0.29) is 24.0 Å². The molecule has 30 heavy (non-hydrogen) atoms. The second-order valence-corrected chi connectivity index (χ2v) is 7.40. The highest BCUT2D eigenvalue weighted by atomic mass is 127. The van der Waals surface area contributed by atoms with Gasteiger partial charge in [-0.25, -0.2) is 0 Å². The van der Waals surface area contributed by atoms with Crippen LogP contribution >= 0.6 is 35.6 Å². The average Bonchev–Trinajstić information content (AvgIpc) is 3.18. The van der Waals surface area contributed by atoms with Crippen LogP contribution in [-0.4, -0.2) is 72.2 Å². The number of nitrogens with zero attached hydrogens (tertiary/aromatic N) is 2. The molecule has 1 aromatic rings. The molecule has 1 fully saturated rings. The van der Waals surface area contributed by atoms with Gasteiger partial charge in [-0.05, 0) is 44.4 Å². The van der Waals surface area contributed by atoms with Crippen molar-refractivity contribution in [2.75, 3.05) is 65.1 Å². The smallest absolute Gasteiger partial charge is 0.191 e. The number of benzene rings is 1. The fourth-order valence-corrected chi connectivity index (χ4v) is 3.44. The van der Waals surface area contributed by atoms with Crippen LogP contribution in [0.3, 0.4) is 0 Å². The van der Waals surface area contributed by atoms with Gasteiger partial charge in [0, 0.05) is 51.0 Å². The standard InChI is InChI=1S/C21H35ClN4O3.HI/c1-4-23-21(24-10-5-6-12-29-14-13-27-2)25-18-9-11-26(16-18)19-15-17(22)7-8-20(19)28-3;/h7-8,15,18H,4-6,9-14,16H2,1-3H3,(H2,23,24,25);1H. The van der Waals surface area contributed by atoms with Gasteiger partial charge in [-0.1, -0.05) is 11.6 Å². The highest BCUT2D eigenvalue weighted by molar-refractivity contribution is 14.0. The van der Waals surface area contributed by atoms with E-state index < -0.39 is 0 Å². The van der Waals surface area contributed by atoms with E-state index >= 15 is 0 Å². The number of hydrogen-bond acceptors (Lipinski definition) is 5. The summed E-state index contributed by atoms with van der Waals surface area (Å²) in [5.41, 5.74) is 1.04. The van der Waals surface area contributed by atoms with Crippen LogP contribution in [0.4, 0.5) is 5.69 Å². The highest BCUT2D eigenvalue weighted by Crippen LogP contribution is 2.33. The summed E-state index contributed by atoms with van der Waals surface area (Å²) in [5.74, 6) is 1.72. The molecule has 1 aliphatic rings. The third kappa shape index (κ3) is 9.45. The van der Waals surface area contributed by atoms with Crippen LogP contribution in [0.15, 0.2) is 23.2 Å². The number of hydrogen-bond donors (Lipinski definition) is 2. The van der Waals surface area contributed by atoms with Crippen LogP contribution < -0.4 is 20.3 Å². The molecule has 0 aliphatic carbocycles. The average molecular weight is 555 g/mol. The van der Waals surface area contributed by atoms with E-state index in [0.717, 1.165) is 74.5 Å². The van der Waals surface area contributed by atoms with Gasteiger partial charge in [0.15, 0.2) is 5.96 Å². The molecule has 9 heteroatoms. The number of halogens is 2. The Bertz CT molecular complexity index is 636. The third-order valence-corrected chi connectivity index (χ3v) is 4.99. The number of nitrogens with one attached hydrogen (secondary N) is 2. The zero-order chi connectivity index (χ0) is 20.9. The van der Waals surface area contributed by atoms with Crippen molar-refractivity contribution in [2.45, 2.75) is 32.2 Å². The molecule has 2 rings (SSSR count). The Morgan fingerprint density at radius 1 is 1.23 bits per heavy atom. The van der Waals surface area contributed by atoms with E-state index in [0.29, 0.717) is 19.3 Å². The zero-order valence-electron chi connectivity index (χ0n) is 18.3. The van der Waals surface area contributed by atoms with Crippen LogP contribution in [-0.2, 0) is 9.47 Å². The Balaban J connectivity index is 0.00000450. The molecular formula is C21H36ClIN4O3. The van der Waals surface area contributed by atoms with Crippen LogP contribution in [0.25, 0.3) is 0 Å². The normalized spacial score (nSPS) is 16.3. The molecule has 0 aromatic heterocycles. The number of aliphatic imine (C=N–C) groups is 1. The lowest BCUT2D eigenvalue weighted by atomic mass is 10.2. The minimum absolute atomic E-state index is 0. The van der Waals surface area contributed by atoms with Gasteiger partial charge in [0.25, 0.3) is 0 Å². The molecule has 172 valence electrons. The van der Waals surface area contributed by atoms with Gasteiger partial charge in [0.1, 0.15) is 5.75 Å². The second-order valence-electron chi connectivity index (χ2n) is 6.97.